The van der Waals surface area contributed by atoms with Crippen molar-refractivity contribution in [1.29, 1.82) is 0 Å². The van der Waals surface area contributed by atoms with E-state index >= 15 is 0 Å². The number of hydrogen-bond acceptors (Lipinski definition) is 3. The van der Waals surface area contributed by atoms with E-state index in [4.69, 9.17) is 16.3 Å². The van der Waals surface area contributed by atoms with Crippen LogP contribution in [-0.2, 0) is 15.9 Å². The topological polar surface area (TPSA) is 46.6 Å². The molecule has 0 N–H and O–H groups in total. The Morgan fingerprint density at radius 2 is 2.05 bits per heavy atom. The summed E-state index contributed by atoms with van der Waals surface area (Å²) in [6.45, 7) is 4.38. The zero-order valence-electron chi connectivity index (χ0n) is 12.7. The van der Waals surface area contributed by atoms with Crippen molar-refractivity contribution < 1.29 is 13.2 Å². The fraction of sp³-hybridized carbons (Fsp3) is 0.600. The number of ether oxygens (including phenoxy) is 1. The Bertz CT molecular complexity index is 597. The van der Waals surface area contributed by atoms with Gasteiger partial charge in [0.15, 0.2) is 0 Å². The molecule has 1 aliphatic carbocycles. The first-order chi connectivity index (χ1) is 9.90. The summed E-state index contributed by atoms with van der Waals surface area (Å²) in [5.74, 6) is 1.13. The zero-order valence-corrected chi connectivity index (χ0v) is 14.2. The van der Waals surface area contributed by atoms with Crippen molar-refractivity contribution in [1.82, 2.24) is 4.31 Å². The van der Waals surface area contributed by atoms with Gasteiger partial charge >= 0.3 is 0 Å². The van der Waals surface area contributed by atoms with Crippen LogP contribution in [0.15, 0.2) is 23.1 Å². The van der Waals surface area contributed by atoms with E-state index in [9.17, 15) is 8.42 Å². The second-order valence-corrected chi connectivity index (χ2v) is 7.86. The predicted molar refractivity (Wildman–Crippen MR) is 84.3 cm³/mol. The number of benzene rings is 1. The van der Waals surface area contributed by atoms with Crippen molar-refractivity contribution in [2.45, 2.75) is 43.5 Å². The molecule has 2 rings (SSSR count). The standard InChI is InChI=1S/C15H22ClNO3S/c1-11(2)17(10-12-4-5-12)21(18,19)15-8-13(9-16)6-7-14(15)20-3/h6-8,11-12H,4-5,9-10H2,1-3H3. The molecule has 0 heterocycles. The predicted octanol–water partition coefficient (Wildman–Crippen LogP) is 3.24. The molecule has 0 radical (unpaired) electrons. The van der Waals surface area contributed by atoms with Crippen molar-refractivity contribution in [2.24, 2.45) is 5.92 Å². The second kappa shape index (κ2) is 6.55. The fourth-order valence-electron chi connectivity index (χ4n) is 2.27. The van der Waals surface area contributed by atoms with Crippen molar-refractivity contribution >= 4 is 21.6 Å². The van der Waals surface area contributed by atoms with Crippen LogP contribution in [0.25, 0.3) is 0 Å². The maximum atomic E-state index is 13.0. The summed E-state index contributed by atoms with van der Waals surface area (Å²) in [5, 5.41) is 0. The highest BCUT2D eigenvalue weighted by atomic mass is 35.5. The maximum absolute atomic E-state index is 13.0. The molecule has 1 aromatic rings. The monoisotopic (exact) mass is 331 g/mol. The van der Waals surface area contributed by atoms with E-state index in [1.54, 1.807) is 22.5 Å². The summed E-state index contributed by atoms with van der Waals surface area (Å²) in [6.07, 6.45) is 2.22. The molecule has 0 amide bonds. The van der Waals surface area contributed by atoms with Crippen LogP contribution in [0.3, 0.4) is 0 Å². The third-order valence-corrected chi connectivity index (χ3v) is 6.05. The van der Waals surface area contributed by atoms with E-state index in [2.05, 4.69) is 0 Å². The van der Waals surface area contributed by atoms with Gasteiger partial charge in [0.1, 0.15) is 10.6 Å². The Morgan fingerprint density at radius 1 is 1.38 bits per heavy atom. The molecule has 6 heteroatoms. The highest BCUT2D eigenvalue weighted by Gasteiger charge is 2.35. The summed E-state index contributed by atoms with van der Waals surface area (Å²) >= 11 is 5.83. The van der Waals surface area contributed by atoms with E-state index in [1.807, 2.05) is 13.8 Å². The van der Waals surface area contributed by atoms with Crippen molar-refractivity contribution in [3.8, 4) is 5.75 Å². The van der Waals surface area contributed by atoms with Crippen LogP contribution in [0.2, 0.25) is 0 Å². The number of nitrogens with zero attached hydrogens (tertiary/aromatic N) is 1. The smallest absolute Gasteiger partial charge is 0.247 e. The molecule has 1 saturated carbocycles. The largest absolute Gasteiger partial charge is 0.495 e. The van der Waals surface area contributed by atoms with Gasteiger partial charge in [0.05, 0.1) is 7.11 Å². The number of sulfonamides is 1. The lowest BCUT2D eigenvalue weighted by Gasteiger charge is -2.26. The van der Waals surface area contributed by atoms with Gasteiger partial charge in [-0.05, 0) is 50.3 Å². The summed E-state index contributed by atoms with van der Waals surface area (Å²) in [6, 6.07) is 4.98. The van der Waals surface area contributed by atoms with Crippen LogP contribution in [0.5, 0.6) is 5.75 Å². The molecule has 0 saturated heterocycles. The Balaban J connectivity index is 2.44. The molecule has 118 valence electrons. The van der Waals surface area contributed by atoms with Crippen LogP contribution in [0, 0.1) is 5.92 Å². The Hall–Kier alpha value is -0.780. The average molecular weight is 332 g/mol. The Morgan fingerprint density at radius 3 is 2.52 bits per heavy atom. The lowest BCUT2D eigenvalue weighted by molar-refractivity contribution is 0.337. The SMILES string of the molecule is COc1ccc(CCl)cc1S(=O)(=O)N(CC1CC1)C(C)C. The molecule has 0 bridgehead atoms. The minimum Gasteiger partial charge on any atom is -0.495 e. The summed E-state index contributed by atoms with van der Waals surface area (Å²) < 4.78 is 32.8. The van der Waals surface area contributed by atoms with Gasteiger partial charge in [-0.2, -0.15) is 4.31 Å². The van der Waals surface area contributed by atoms with Gasteiger partial charge in [-0.25, -0.2) is 8.42 Å². The van der Waals surface area contributed by atoms with Gasteiger partial charge < -0.3 is 4.74 Å². The minimum atomic E-state index is -3.58. The van der Waals surface area contributed by atoms with Crippen LogP contribution >= 0.6 is 11.6 Å². The molecule has 1 aliphatic rings. The number of rotatable bonds is 7. The normalized spacial score (nSPS) is 15.7. The number of methoxy groups -OCH3 is 1. The van der Waals surface area contributed by atoms with E-state index < -0.39 is 10.0 Å². The second-order valence-electron chi connectivity index (χ2n) is 5.73. The number of alkyl halides is 1. The molecule has 0 aliphatic heterocycles. The first-order valence-electron chi connectivity index (χ1n) is 7.15. The van der Waals surface area contributed by atoms with Gasteiger partial charge in [-0.15, -0.1) is 11.6 Å². The molecule has 0 atom stereocenters. The zero-order chi connectivity index (χ0) is 15.6. The molecule has 1 aromatic carbocycles. The lowest BCUT2D eigenvalue weighted by Crippen LogP contribution is -2.38. The van der Waals surface area contributed by atoms with Crippen molar-refractivity contribution in [3.05, 3.63) is 23.8 Å². The number of halogens is 1. The van der Waals surface area contributed by atoms with Crippen LogP contribution in [0.4, 0.5) is 0 Å². The van der Waals surface area contributed by atoms with E-state index in [0.717, 1.165) is 18.4 Å². The average Bonchev–Trinajstić information content (AvgIpc) is 3.27. The highest BCUT2D eigenvalue weighted by Crippen LogP contribution is 2.35. The van der Waals surface area contributed by atoms with Gasteiger partial charge in [0.25, 0.3) is 0 Å². The fourth-order valence-corrected chi connectivity index (χ4v) is 4.36. The first kappa shape index (κ1) is 16.6. The van der Waals surface area contributed by atoms with Gasteiger partial charge in [0.2, 0.25) is 10.0 Å². The lowest BCUT2D eigenvalue weighted by atomic mass is 10.2. The van der Waals surface area contributed by atoms with Gasteiger partial charge in [-0.3, -0.25) is 0 Å². The molecule has 0 unspecified atom stereocenters. The van der Waals surface area contributed by atoms with Gasteiger partial charge in [-0.1, -0.05) is 6.07 Å². The van der Waals surface area contributed by atoms with Crippen molar-refractivity contribution in [3.63, 3.8) is 0 Å². The Kier molecular flexibility index (Phi) is 5.17. The summed E-state index contributed by atoms with van der Waals surface area (Å²) in [4.78, 5) is 0.206. The molecule has 4 nitrogen and oxygen atoms in total. The van der Waals surface area contributed by atoms with Crippen LogP contribution < -0.4 is 4.74 Å². The van der Waals surface area contributed by atoms with E-state index in [0.29, 0.717) is 18.2 Å². The molecule has 0 aromatic heterocycles. The van der Waals surface area contributed by atoms with Crippen LogP contribution in [0.1, 0.15) is 32.3 Å². The third kappa shape index (κ3) is 3.71. The Labute approximate surface area is 132 Å². The number of hydrogen-bond donors (Lipinski definition) is 0. The van der Waals surface area contributed by atoms with Crippen LogP contribution in [-0.4, -0.2) is 32.4 Å². The first-order valence-corrected chi connectivity index (χ1v) is 9.12. The molecular weight excluding hydrogens is 310 g/mol. The summed E-state index contributed by atoms with van der Waals surface area (Å²) in [7, 11) is -2.10. The minimum absolute atomic E-state index is 0.0834. The van der Waals surface area contributed by atoms with Gasteiger partial charge in [0, 0.05) is 18.5 Å². The maximum Gasteiger partial charge on any atom is 0.247 e. The molecular formula is C15H22ClNO3S. The van der Waals surface area contributed by atoms with Crippen molar-refractivity contribution in [2.75, 3.05) is 13.7 Å². The van der Waals surface area contributed by atoms with E-state index in [1.165, 1.54) is 7.11 Å². The molecule has 1 fully saturated rings. The molecule has 0 spiro atoms. The molecule has 21 heavy (non-hydrogen) atoms. The quantitative estimate of drug-likeness (QED) is 0.720. The highest BCUT2D eigenvalue weighted by molar-refractivity contribution is 7.89. The summed E-state index contributed by atoms with van der Waals surface area (Å²) in [5.41, 5.74) is 0.770. The third-order valence-electron chi connectivity index (χ3n) is 3.68. The van der Waals surface area contributed by atoms with E-state index in [-0.39, 0.29) is 16.8 Å².